The van der Waals surface area contributed by atoms with Crippen molar-refractivity contribution >= 4 is 0 Å². The zero-order valence-electron chi connectivity index (χ0n) is 8.50. The van der Waals surface area contributed by atoms with Crippen LogP contribution >= 0.6 is 0 Å². The first-order valence-electron chi connectivity index (χ1n) is 5.58. The van der Waals surface area contributed by atoms with E-state index in [4.69, 9.17) is 5.73 Å². The van der Waals surface area contributed by atoms with Crippen molar-refractivity contribution in [3.63, 3.8) is 0 Å². The molecule has 1 atom stereocenters. The van der Waals surface area contributed by atoms with Crippen molar-refractivity contribution in [2.75, 3.05) is 0 Å². The molecule has 2 heteroatoms. The lowest BCUT2D eigenvalue weighted by molar-refractivity contribution is -0.0373. The van der Waals surface area contributed by atoms with Crippen LogP contribution in [-0.4, -0.2) is 16.7 Å². The van der Waals surface area contributed by atoms with Gasteiger partial charge in [0.2, 0.25) is 0 Å². The minimum absolute atomic E-state index is 0.389. The molecule has 0 aliphatic heterocycles. The Kier molecular flexibility index (Phi) is 2.37. The molecule has 13 heavy (non-hydrogen) atoms. The summed E-state index contributed by atoms with van der Waals surface area (Å²) in [7, 11) is 0. The molecule has 0 radical (unpaired) electrons. The van der Waals surface area contributed by atoms with Gasteiger partial charge >= 0.3 is 0 Å². The first kappa shape index (κ1) is 9.47. The molecular formula is C11H21NO. The van der Waals surface area contributed by atoms with Gasteiger partial charge in [-0.15, -0.1) is 0 Å². The van der Waals surface area contributed by atoms with E-state index < -0.39 is 0 Å². The summed E-state index contributed by atoms with van der Waals surface area (Å²) in [5.41, 5.74) is 5.46. The summed E-state index contributed by atoms with van der Waals surface area (Å²) >= 11 is 0. The van der Waals surface area contributed by atoms with Crippen molar-refractivity contribution in [1.82, 2.24) is 0 Å². The van der Waals surface area contributed by atoms with Crippen LogP contribution < -0.4 is 5.73 Å². The van der Waals surface area contributed by atoms with Crippen LogP contribution in [0.2, 0.25) is 0 Å². The minimum Gasteiger partial charge on any atom is -0.390 e. The van der Waals surface area contributed by atoms with Crippen LogP contribution in [0.1, 0.15) is 45.4 Å². The van der Waals surface area contributed by atoms with E-state index in [-0.39, 0.29) is 5.60 Å². The zero-order chi connectivity index (χ0) is 9.47. The number of hydrogen-bond donors (Lipinski definition) is 2. The fourth-order valence-electron chi connectivity index (χ4n) is 2.70. The summed E-state index contributed by atoms with van der Waals surface area (Å²) in [4.78, 5) is 0. The van der Waals surface area contributed by atoms with Crippen LogP contribution in [0, 0.1) is 11.8 Å². The van der Waals surface area contributed by atoms with Crippen LogP contribution in [0.25, 0.3) is 0 Å². The number of aliphatic hydroxyl groups is 1. The summed E-state index contributed by atoms with van der Waals surface area (Å²) in [6.07, 6.45) is 6.93. The van der Waals surface area contributed by atoms with E-state index in [0.29, 0.717) is 17.9 Å². The fourth-order valence-corrected chi connectivity index (χ4v) is 2.70. The first-order valence-corrected chi connectivity index (χ1v) is 5.58. The highest BCUT2D eigenvalue weighted by atomic mass is 16.3. The van der Waals surface area contributed by atoms with E-state index in [1.807, 2.05) is 6.92 Å². The van der Waals surface area contributed by atoms with E-state index >= 15 is 0 Å². The molecule has 0 aromatic carbocycles. The van der Waals surface area contributed by atoms with Gasteiger partial charge in [-0.3, -0.25) is 0 Å². The number of rotatable bonds is 2. The maximum atomic E-state index is 10.3. The molecule has 0 spiro atoms. The van der Waals surface area contributed by atoms with Crippen LogP contribution in [-0.2, 0) is 0 Å². The van der Waals surface area contributed by atoms with Crippen molar-refractivity contribution in [1.29, 1.82) is 0 Å². The third-order valence-corrected chi connectivity index (χ3v) is 4.00. The van der Waals surface area contributed by atoms with Gasteiger partial charge in [0.05, 0.1) is 5.60 Å². The van der Waals surface area contributed by atoms with E-state index in [9.17, 15) is 5.11 Å². The maximum Gasteiger partial charge on any atom is 0.0675 e. The molecule has 0 saturated heterocycles. The van der Waals surface area contributed by atoms with Gasteiger partial charge < -0.3 is 10.8 Å². The average molecular weight is 183 g/mol. The predicted molar refractivity (Wildman–Crippen MR) is 53.3 cm³/mol. The third-order valence-electron chi connectivity index (χ3n) is 4.00. The monoisotopic (exact) mass is 183 g/mol. The molecule has 2 saturated carbocycles. The number of nitrogens with two attached hydrogens (primary N) is 1. The SMILES string of the molecule is CC(O)(C1CC1)[C@H]1CC[C@H](N)CC1. The van der Waals surface area contributed by atoms with Crippen molar-refractivity contribution in [3.8, 4) is 0 Å². The molecule has 0 amide bonds. The Labute approximate surface area is 80.5 Å². The second kappa shape index (κ2) is 3.25. The molecule has 2 aliphatic rings. The van der Waals surface area contributed by atoms with Crippen molar-refractivity contribution < 1.29 is 5.11 Å². The Morgan fingerprint density at radius 3 is 1.77 bits per heavy atom. The summed E-state index contributed by atoms with van der Waals surface area (Å²) in [6, 6.07) is 0.395. The highest BCUT2D eigenvalue weighted by Gasteiger charge is 2.45. The molecule has 0 heterocycles. The lowest BCUT2D eigenvalue weighted by Crippen LogP contribution is -2.41. The van der Waals surface area contributed by atoms with E-state index in [1.165, 1.54) is 12.8 Å². The molecule has 3 N–H and O–H groups in total. The summed E-state index contributed by atoms with van der Waals surface area (Å²) in [5.74, 6) is 1.10. The van der Waals surface area contributed by atoms with Crippen LogP contribution in [0.5, 0.6) is 0 Å². The molecule has 2 aliphatic carbocycles. The van der Waals surface area contributed by atoms with E-state index in [2.05, 4.69) is 0 Å². The topological polar surface area (TPSA) is 46.2 Å². The maximum absolute atomic E-state index is 10.3. The predicted octanol–water partition coefficient (Wildman–Crippen LogP) is 1.66. The van der Waals surface area contributed by atoms with Crippen molar-refractivity contribution in [2.45, 2.75) is 57.1 Å². The Bertz CT molecular complexity index is 179. The molecule has 0 aromatic heterocycles. The number of hydrogen-bond acceptors (Lipinski definition) is 2. The normalized spacial score (nSPS) is 39.9. The van der Waals surface area contributed by atoms with Crippen molar-refractivity contribution in [3.05, 3.63) is 0 Å². The molecule has 2 rings (SSSR count). The highest BCUT2D eigenvalue weighted by Crippen LogP contribution is 2.47. The Hall–Kier alpha value is -0.0800. The van der Waals surface area contributed by atoms with Gasteiger partial charge in [0.15, 0.2) is 0 Å². The van der Waals surface area contributed by atoms with Crippen molar-refractivity contribution in [2.24, 2.45) is 17.6 Å². The van der Waals surface area contributed by atoms with Crippen LogP contribution in [0.3, 0.4) is 0 Å². The Morgan fingerprint density at radius 1 is 1.00 bits per heavy atom. The molecule has 76 valence electrons. The Balaban J connectivity index is 1.92. The smallest absolute Gasteiger partial charge is 0.0675 e. The van der Waals surface area contributed by atoms with Crippen LogP contribution in [0.15, 0.2) is 0 Å². The van der Waals surface area contributed by atoms with Gasteiger partial charge in [0, 0.05) is 6.04 Å². The van der Waals surface area contributed by atoms with Gasteiger partial charge in [-0.05, 0) is 57.3 Å². The van der Waals surface area contributed by atoms with E-state index in [1.54, 1.807) is 0 Å². The largest absolute Gasteiger partial charge is 0.390 e. The highest BCUT2D eigenvalue weighted by molar-refractivity contribution is 4.97. The Morgan fingerprint density at radius 2 is 1.38 bits per heavy atom. The van der Waals surface area contributed by atoms with Gasteiger partial charge in [0.25, 0.3) is 0 Å². The molecular weight excluding hydrogens is 162 g/mol. The second-order valence-corrected chi connectivity index (χ2v) is 5.11. The molecule has 0 aromatic rings. The summed E-state index contributed by atoms with van der Waals surface area (Å²) < 4.78 is 0. The van der Waals surface area contributed by atoms with Gasteiger partial charge in [-0.1, -0.05) is 0 Å². The first-order chi connectivity index (χ1) is 6.10. The molecule has 1 unspecified atom stereocenters. The summed E-state index contributed by atoms with van der Waals surface area (Å²) in [6.45, 7) is 2.03. The van der Waals surface area contributed by atoms with Gasteiger partial charge in [-0.25, -0.2) is 0 Å². The lowest BCUT2D eigenvalue weighted by atomic mass is 9.74. The summed E-state index contributed by atoms with van der Waals surface area (Å²) in [5, 5.41) is 10.3. The zero-order valence-corrected chi connectivity index (χ0v) is 8.50. The quantitative estimate of drug-likeness (QED) is 0.684. The standard InChI is InChI=1S/C11H21NO/c1-11(13,8-2-3-8)9-4-6-10(12)7-5-9/h8-10,13H,2-7,12H2,1H3/t9-,10-,11?. The average Bonchev–Trinajstić information content (AvgIpc) is 2.87. The fraction of sp³-hybridized carbons (Fsp3) is 1.00. The lowest BCUT2D eigenvalue weighted by Gasteiger charge is -2.37. The van der Waals surface area contributed by atoms with E-state index in [0.717, 1.165) is 25.7 Å². The third kappa shape index (κ3) is 1.89. The minimum atomic E-state index is -0.389. The van der Waals surface area contributed by atoms with Gasteiger partial charge in [-0.2, -0.15) is 0 Å². The molecule has 2 fully saturated rings. The van der Waals surface area contributed by atoms with Gasteiger partial charge in [0.1, 0.15) is 0 Å². The van der Waals surface area contributed by atoms with Crippen LogP contribution in [0.4, 0.5) is 0 Å². The second-order valence-electron chi connectivity index (χ2n) is 5.11. The molecule has 0 bridgehead atoms. The molecule has 2 nitrogen and oxygen atoms in total.